The SMILES string of the molecule is Cl.O=C(NCc1ccc(F)cc1)[C@H]1CCCN1. The molecule has 0 saturated carbocycles. The molecule has 2 N–H and O–H groups in total. The predicted octanol–water partition coefficient (Wildman–Crippen LogP) is 1.62. The van der Waals surface area contributed by atoms with E-state index >= 15 is 0 Å². The third-order valence-electron chi connectivity index (χ3n) is 2.76. The van der Waals surface area contributed by atoms with Crippen molar-refractivity contribution < 1.29 is 9.18 Å². The number of halogens is 2. The Hall–Kier alpha value is -1.13. The topological polar surface area (TPSA) is 41.1 Å². The van der Waals surface area contributed by atoms with Crippen LogP contribution < -0.4 is 10.6 Å². The molecule has 3 nitrogen and oxygen atoms in total. The van der Waals surface area contributed by atoms with Crippen molar-refractivity contribution >= 4 is 18.3 Å². The molecule has 1 aliphatic heterocycles. The van der Waals surface area contributed by atoms with Gasteiger partial charge in [0, 0.05) is 6.54 Å². The summed E-state index contributed by atoms with van der Waals surface area (Å²) in [5.41, 5.74) is 0.910. The Labute approximate surface area is 106 Å². The summed E-state index contributed by atoms with van der Waals surface area (Å²) in [5, 5.41) is 5.97. The van der Waals surface area contributed by atoms with Gasteiger partial charge in [0.2, 0.25) is 5.91 Å². The Bertz CT molecular complexity index is 363. The summed E-state index contributed by atoms with van der Waals surface area (Å²) in [4.78, 5) is 11.6. The molecule has 5 heteroatoms. The van der Waals surface area contributed by atoms with Gasteiger partial charge in [0.15, 0.2) is 0 Å². The molecule has 0 aromatic heterocycles. The van der Waals surface area contributed by atoms with E-state index in [9.17, 15) is 9.18 Å². The molecule has 0 bridgehead atoms. The van der Waals surface area contributed by atoms with E-state index < -0.39 is 0 Å². The third-order valence-corrected chi connectivity index (χ3v) is 2.76. The van der Waals surface area contributed by atoms with E-state index in [1.165, 1.54) is 12.1 Å². The smallest absolute Gasteiger partial charge is 0.237 e. The Morgan fingerprint density at radius 2 is 2.12 bits per heavy atom. The van der Waals surface area contributed by atoms with Crippen molar-refractivity contribution in [2.24, 2.45) is 0 Å². The lowest BCUT2D eigenvalue weighted by Crippen LogP contribution is -2.39. The van der Waals surface area contributed by atoms with Gasteiger partial charge in [0.25, 0.3) is 0 Å². The predicted molar refractivity (Wildman–Crippen MR) is 66.5 cm³/mol. The van der Waals surface area contributed by atoms with Crippen molar-refractivity contribution in [2.75, 3.05) is 6.54 Å². The standard InChI is InChI=1S/C12H15FN2O.ClH/c13-10-5-3-9(4-6-10)8-15-12(16)11-2-1-7-14-11;/h3-6,11,14H,1-2,7-8H2,(H,15,16);1H/t11-;/m1./s1. The van der Waals surface area contributed by atoms with E-state index in [0.717, 1.165) is 24.9 Å². The maximum atomic E-state index is 12.6. The minimum atomic E-state index is -0.257. The lowest BCUT2D eigenvalue weighted by atomic mass is 10.2. The number of benzene rings is 1. The molecule has 0 unspecified atom stereocenters. The molecule has 0 spiro atoms. The van der Waals surface area contributed by atoms with Gasteiger partial charge < -0.3 is 10.6 Å². The highest BCUT2D eigenvalue weighted by Crippen LogP contribution is 2.06. The van der Waals surface area contributed by atoms with Crippen LogP contribution in [0, 0.1) is 5.82 Å². The first kappa shape index (κ1) is 13.9. The van der Waals surface area contributed by atoms with E-state index in [-0.39, 0.29) is 30.2 Å². The summed E-state index contributed by atoms with van der Waals surface area (Å²) >= 11 is 0. The average Bonchev–Trinajstić information content (AvgIpc) is 2.81. The first-order valence-electron chi connectivity index (χ1n) is 5.51. The quantitative estimate of drug-likeness (QED) is 0.865. The van der Waals surface area contributed by atoms with Gasteiger partial charge >= 0.3 is 0 Å². The van der Waals surface area contributed by atoms with Gasteiger partial charge in [-0.05, 0) is 37.1 Å². The van der Waals surface area contributed by atoms with Crippen LogP contribution in [0.5, 0.6) is 0 Å². The molecule has 1 amide bonds. The number of hydrogen-bond acceptors (Lipinski definition) is 2. The van der Waals surface area contributed by atoms with Crippen LogP contribution in [-0.2, 0) is 11.3 Å². The number of carbonyl (C=O) groups excluding carboxylic acids is 1. The molecular weight excluding hydrogens is 243 g/mol. The Morgan fingerprint density at radius 1 is 1.41 bits per heavy atom. The summed E-state index contributed by atoms with van der Waals surface area (Å²) in [6.07, 6.45) is 1.95. The summed E-state index contributed by atoms with van der Waals surface area (Å²) in [6, 6.07) is 6.10. The molecule has 1 aromatic rings. The van der Waals surface area contributed by atoms with E-state index in [0.29, 0.717) is 6.54 Å². The zero-order chi connectivity index (χ0) is 11.4. The van der Waals surface area contributed by atoms with Crippen molar-refractivity contribution in [1.82, 2.24) is 10.6 Å². The number of rotatable bonds is 3. The molecule has 0 aliphatic carbocycles. The second-order valence-electron chi connectivity index (χ2n) is 3.99. The van der Waals surface area contributed by atoms with Gasteiger partial charge in [-0.2, -0.15) is 0 Å². The zero-order valence-electron chi connectivity index (χ0n) is 9.41. The fraction of sp³-hybridized carbons (Fsp3) is 0.417. The molecular formula is C12H16ClFN2O. The van der Waals surface area contributed by atoms with Crippen molar-refractivity contribution in [2.45, 2.75) is 25.4 Å². The maximum absolute atomic E-state index is 12.6. The largest absolute Gasteiger partial charge is 0.351 e. The second-order valence-corrected chi connectivity index (χ2v) is 3.99. The van der Waals surface area contributed by atoms with Gasteiger partial charge in [-0.25, -0.2) is 4.39 Å². The summed E-state index contributed by atoms with van der Waals surface area (Å²) in [6.45, 7) is 1.37. The average molecular weight is 259 g/mol. The van der Waals surface area contributed by atoms with Crippen LogP contribution >= 0.6 is 12.4 Å². The summed E-state index contributed by atoms with van der Waals surface area (Å²) < 4.78 is 12.6. The van der Waals surface area contributed by atoms with Crippen LogP contribution in [0.1, 0.15) is 18.4 Å². The van der Waals surface area contributed by atoms with E-state index in [4.69, 9.17) is 0 Å². The molecule has 1 heterocycles. The third kappa shape index (κ3) is 3.98. The fourth-order valence-electron chi connectivity index (χ4n) is 1.82. The van der Waals surface area contributed by atoms with E-state index in [1.807, 2.05) is 0 Å². The number of nitrogens with one attached hydrogen (secondary N) is 2. The lowest BCUT2D eigenvalue weighted by Gasteiger charge is -2.10. The zero-order valence-corrected chi connectivity index (χ0v) is 10.2. The van der Waals surface area contributed by atoms with Gasteiger partial charge in [0.05, 0.1) is 6.04 Å². The van der Waals surface area contributed by atoms with Crippen molar-refractivity contribution in [3.63, 3.8) is 0 Å². The highest BCUT2D eigenvalue weighted by atomic mass is 35.5. The molecule has 1 aromatic carbocycles. The van der Waals surface area contributed by atoms with Crippen LogP contribution in [0.3, 0.4) is 0 Å². The van der Waals surface area contributed by atoms with Crippen LogP contribution in [0.15, 0.2) is 24.3 Å². The van der Waals surface area contributed by atoms with Crippen LogP contribution in [0.4, 0.5) is 4.39 Å². The monoisotopic (exact) mass is 258 g/mol. The Morgan fingerprint density at radius 3 is 2.71 bits per heavy atom. The Kier molecular flexibility index (Phi) is 5.38. The molecule has 1 fully saturated rings. The van der Waals surface area contributed by atoms with Crippen molar-refractivity contribution in [3.05, 3.63) is 35.6 Å². The number of hydrogen-bond donors (Lipinski definition) is 2. The van der Waals surface area contributed by atoms with Gasteiger partial charge in [0.1, 0.15) is 5.82 Å². The van der Waals surface area contributed by atoms with Crippen LogP contribution in [0.25, 0.3) is 0 Å². The minimum Gasteiger partial charge on any atom is -0.351 e. The summed E-state index contributed by atoms with van der Waals surface area (Å²) in [5.74, 6) is -0.227. The van der Waals surface area contributed by atoms with Crippen molar-refractivity contribution in [1.29, 1.82) is 0 Å². The normalized spacial score (nSPS) is 18.5. The molecule has 94 valence electrons. The first-order chi connectivity index (χ1) is 7.75. The molecule has 1 atom stereocenters. The first-order valence-corrected chi connectivity index (χ1v) is 5.51. The lowest BCUT2D eigenvalue weighted by molar-refractivity contribution is -0.122. The molecule has 1 aliphatic rings. The van der Waals surface area contributed by atoms with Crippen LogP contribution in [-0.4, -0.2) is 18.5 Å². The molecule has 17 heavy (non-hydrogen) atoms. The highest BCUT2D eigenvalue weighted by Gasteiger charge is 2.21. The van der Waals surface area contributed by atoms with E-state index in [1.54, 1.807) is 12.1 Å². The second kappa shape index (κ2) is 6.57. The number of carbonyl (C=O) groups is 1. The number of amides is 1. The van der Waals surface area contributed by atoms with Gasteiger partial charge in [-0.3, -0.25) is 4.79 Å². The van der Waals surface area contributed by atoms with Gasteiger partial charge in [-0.15, -0.1) is 12.4 Å². The fourth-order valence-corrected chi connectivity index (χ4v) is 1.82. The minimum absolute atomic E-state index is 0. The van der Waals surface area contributed by atoms with E-state index in [2.05, 4.69) is 10.6 Å². The molecule has 2 rings (SSSR count). The van der Waals surface area contributed by atoms with Gasteiger partial charge in [-0.1, -0.05) is 12.1 Å². The Balaban J connectivity index is 0.00000144. The maximum Gasteiger partial charge on any atom is 0.237 e. The molecule has 1 saturated heterocycles. The summed E-state index contributed by atoms with van der Waals surface area (Å²) in [7, 11) is 0. The van der Waals surface area contributed by atoms with Crippen molar-refractivity contribution in [3.8, 4) is 0 Å². The van der Waals surface area contributed by atoms with Crippen LogP contribution in [0.2, 0.25) is 0 Å². The highest BCUT2D eigenvalue weighted by molar-refractivity contribution is 5.85. The molecule has 0 radical (unpaired) electrons.